The molecule has 1 amide bonds. The van der Waals surface area contributed by atoms with E-state index >= 15 is 0 Å². The van der Waals surface area contributed by atoms with Crippen LogP contribution in [0.25, 0.3) is 5.69 Å². The molecule has 132 valence electrons. The fraction of sp³-hybridized carbons (Fsp3) is 0.286. The quantitative estimate of drug-likeness (QED) is 0.744. The molecular formula is C21H22N4O. The minimum atomic E-state index is -0.0531. The fourth-order valence-electron chi connectivity index (χ4n) is 3.22. The lowest BCUT2D eigenvalue weighted by Gasteiger charge is -2.11. The molecule has 0 bridgehead atoms. The van der Waals surface area contributed by atoms with Crippen LogP contribution in [0.1, 0.15) is 46.1 Å². The van der Waals surface area contributed by atoms with Gasteiger partial charge in [-0.1, -0.05) is 24.3 Å². The molecule has 5 heteroatoms. The molecule has 3 aromatic rings. The summed E-state index contributed by atoms with van der Waals surface area (Å²) in [6.07, 6.45) is 6.43. The van der Waals surface area contributed by atoms with Crippen LogP contribution >= 0.6 is 0 Å². The van der Waals surface area contributed by atoms with Gasteiger partial charge in [0.25, 0.3) is 5.91 Å². The molecule has 2 heterocycles. The van der Waals surface area contributed by atoms with Crippen molar-refractivity contribution in [1.82, 2.24) is 20.1 Å². The maximum Gasteiger partial charge on any atom is 0.254 e. The first-order valence-corrected chi connectivity index (χ1v) is 9.06. The molecule has 1 aliphatic rings. The van der Waals surface area contributed by atoms with Crippen molar-refractivity contribution in [3.63, 3.8) is 0 Å². The van der Waals surface area contributed by atoms with Crippen LogP contribution in [-0.4, -0.2) is 27.2 Å². The van der Waals surface area contributed by atoms with E-state index in [4.69, 9.17) is 0 Å². The molecule has 1 saturated carbocycles. The summed E-state index contributed by atoms with van der Waals surface area (Å²) in [6, 6.07) is 14.0. The monoisotopic (exact) mass is 346 g/mol. The molecule has 4 rings (SSSR count). The molecule has 0 spiro atoms. The summed E-state index contributed by atoms with van der Waals surface area (Å²) in [5.74, 6) is 0.372. The van der Waals surface area contributed by atoms with E-state index in [0.717, 1.165) is 41.9 Å². The predicted octanol–water partition coefficient (Wildman–Crippen LogP) is 3.43. The normalized spacial score (nSPS) is 13.6. The minimum Gasteiger partial charge on any atom is -0.352 e. The number of pyridine rings is 1. The molecule has 1 fully saturated rings. The Kier molecular flexibility index (Phi) is 4.52. The zero-order valence-corrected chi connectivity index (χ0v) is 14.9. The molecule has 0 atom stereocenters. The molecule has 0 unspecified atom stereocenters. The van der Waals surface area contributed by atoms with Gasteiger partial charge in [-0.3, -0.25) is 9.78 Å². The first-order valence-electron chi connectivity index (χ1n) is 9.06. The lowest BCUT2D eigenvalue weighted by molar-refractivity contribution is 0.0953. The van der Waals surface area contributed by atoms with E-state index < -0.39 is 0 Å². The summed E-state index contributed by atoms with van der Waals surface area (Å²) >= 11 is 0. The Morgan fingerprint density at radius 3 is 2.73 bits per heavy atom. The van der Waals surface area contributed by atoms with Gasteiger partial charge >= 0.3 is 0 Å². The van der Waals surface area contributed by atoms with Crippen LogP contribution in [0.5, 0.6) is 0 Å². The average molecular weight is 346 g/mol. The summed E-state index contributed by atoms with van der Waals surface area (Å²) in [4.78, 5) is 17.0. The van der Waals surface area contributed by atoms with E-state index in [-0.39, 0.29) is 5.91 Å². The van der Waals surface area contributed by atoms with Crippen molar-refractivity contribution in [3.8, 4) is 5.69 Å². The number of aromatic nitrogens is 3. The van der Waals surface area contributed by atoms with Crippen LogP contribution in [0, 0.1) is 6.92 Å². The number of para-hydroxylation sites is 1. The molecule has 0 saturated heterocycles. The summed E-state index contributed by atoms with van der Waals surface area (Å²) < 4.78 is 1.95. The molecule has 5 nitrogen and oxygen atoms in total. The highest BCUT2D eigenvalue weighted by Crippen LogP contribution is 2.42. The Bertz CT molecular complexity index is 913. The Morgan fingerprint density at radius 1 is 1.19 bits per heavy atom. The number of amides is 1. The largest absolute Gasteiger partial charge is 0.352 e. The first-order chi connectivity index (χ1) is 12.7. The minimum absolute atomic E-state index is 0.0531. The molecule has 2 aromatic heterocycles. The summed E-state index contributed by atoms with van der Waals surface area (Å²) in [7, 11) is 0. The molecular weight excluding hydrogens is 324 g/mol. The number of aryl methyl sites for hydroxylation is 1. The Balaban J connectivity index is 1.53. The van der Waals surface area contributed by atoms with Crippen LogP contribution in [0.15, 0.2) is 54.9 Å². The van der Waals surface area contributed by atoms with Gasteiger partial charge in [-0.15, -0.1) is 0 Å². The Labute approximate surface area is 153 Å². The van der Waals surface area contributed by atoms with Crippen molar-refractivity contribution in [2.24, 2.45) is 0 Å². The van der Waals surface area contributed by atoms with Gasteiger partial charge in [-0.25, -0.2) is 4.68 Å². The SMILES string of the molecule is Cc1ccccc1-n1ncc(C(=O)NCCc2ccccn2)c1C1CC1. The summed E-state index contributed by atoms with van der Waals surface area (Å²) in [5, 5.41) is 7.56. The van der Waals surface area contributed by atoms with Crippen LogP contribution in [0.3, 0.4) is 0 Å². The lowest BCUT2D eigenvalue weighted by atomic mass is 10.1. The molecule has 0 aliphatic heterocycles. The smallest absolute Gasteiger partial charge is 0.254 e. The number of carbonyl (C=O) groups is 1. The molecule has 26 heavy (non-hydrogen) atoms. The fourth-order valence-corrected chi connectivity index (χ4v) is 3.22. The van der Waals surface area contributed by atoms with Crippen LogP contribution in [0.2, 0.25) is 0 Å². The highest BCUT2D eigenvalue weighted by molar-refractivity contribution is 5.95. The van der Waals surface area contributed by atoms with Gasteiger partial charge in [0, 0.05) is 30.8 Å². The van der Waals surface area contributed by atoms with Crippen LogP contribution in [-0.2, 0) is 6.42 Å². The molecule has 1 N–H and O–H groups in total. The van der Waals surface area contributed by atoms with E-state index in [0.29, 0.717) is 18.0 Å². The lowest BCUT2D eigenvalue weighted by Crippen LogP contribution is -2.26. The third-order valence-electron chi connectivity index (χ3n) is 4.75. The molecule has 1 aromatic carbocycles. The zero-order valence-electron chi connectivity index (χ0n) is 14.9. The summed E-state index contributed by atoms with van der Waals surface area (Å²) in [5.41, 5.74) is 4.90. The second-order valence-electron chi connectivity index (χ2n) is 6.74. The summed E-state index contributed by atoms with van der Waals surface area (Å²) in [6.45, 7) is 2.63. The van der Waals surface area contributed by atoms with E-state index in [9.17, 15) is 4.79 Å². The van der Waals surface area contributed by atoms with Gasteiger partial charge in [0.2, 0.25) is 0 Å². The number of benzene rings is 1. The van der Waals surface area contributed by atoms with Gasteiger partial charge < -0.3 is 5.32 Å². The zero-order chi connectivity index (χ0) is 17.9. The van der Waals surface area contributed by atoms with E-state index in [1.54, 1.807) is 12.4 Å². The van der Waals surface area contributed by atoms with E-state index in [1.807, 2.05) is 35.0 Å². The van der Waals surface area contributed by atoms with Crippen molar-refractivity contribution in [1.29, 1.82) is 0 Å². The second kappa shape index (κ2) is 7.12. The highest BCUT2D eigenvalue weighted by Gasteiger charge is 2.33. The third-order valence-corrected chi connectivity index (χ3v) is 4.75. The van der Waals surface area contributed by atoms with Crippen LogP contribution in [0.4, 0.5) is 0 Å². The molecule has 1 aliphatic carbocycles. The van der Waals surface area contributed by atoms with Crippen molar-refractivity contribution in [3.05, 3.63) is 77.4 Å². The third kappa shape index (κ3) is 3.38. The van der Waals surface area contributed by atoms with Crippen LogP contribution < -0.4 is 5.32 Å². The Hall–Kier alpha value is -2.95. The van der Waals surface area contributed by atoms with E-state index in [2.05, 4.69) is 34.5 Å². The van der Waals surface area contributed by atoms with Gasteiger partial charge in [-0.05, 0) is 43.5 Å². The van der Waals surface area contributed by atoms with E-state index in [1.165, 1.54) is 0 Å². The van der Waals surface area contributed by atoms with Crippen molar-refractivity contribution >= 4 is 5.91 Å². The van der Waals surface area contributed by atoms with Gasteiger partial charge in [-0.2, -0.15) is 5.10 Å². The number of nitrogens with zero attached hydrogens (tertiary/aromatic N) is 3. The van der Waals surface area contributed by atoms with Gasteiger partial charge in [0.1, 0.15) is 0 Å². The first kappa shape index (κ1) is 16.5. The van der Waals surface area contributed by atoms with Gasteiger partial charge in [0.05, 0.1) is 23.1 Å². The van der Waals surface area contributed by atoms with Crippen molar-refractivity contribution in [2.75, 3.05) is 6.54 Å². The Morgan fingerprint density at radius 2 is 2.00 bits per heavy atom. The number of hydrogen-bond acceptors (Lipinski definition) is 3. The predicted molar refractivity (Wildman–Crippen MR) is 101 cm³/mol. The second-order valence-corrected chi connectivity index (χ2v) is 6.74. The average Bonchev–Trinajstić information content (AvgIpc) is 3.41. The number of rotatable bonds is 6. The van der Waals surface area contributed by atoms with Crippen molar-refractivity contribution < 1.29 is 4.79 Å². The highest BCUT2D eigenvalue weighted by atomic mass is 16.1. The topological polar surface area (TPSA) is 59.8 Å². The standard InChI is InChI=1S/C21H22N4O/c1-15-6-2-3-8-19(15)25-20(16-9-10-16)18(14-24-25)21(26)23-13-11-17-7-4-5-12-22-17/h2-8,12,14,16H,9-11,13H2,1H3,(H,23,26). The van der Waals surface area contributed by atoms with Gasteiger partial charge in [0.15, 0.2) is 0 Å². The number of carbonyl (C=O) groups excluding carboxylic acids is 1. The number of hydrogen-bond donors (Lipinski definition) is 1. The van der Waals surface area contributed by atoms with Crippen molar-refractivity contribution in [2.45, 2.75) is 32.1 Å². The maximum absolute atomic E-state index is 12.7. The molecule has 0 radical (unpaired) electrons. The maximum atomic E-state index is 12.7. The number of nitrogens with one attached hydrogen (secondary N) is 1.